The van der Waals surface area contributed by atoms with Gasteiger partial charge in [-0.15, -0.1) is 0 Å². The summed E-state index contributed by atoms with van der Waals surface area (Å²) in [6.45, 7) is 3.20. The van der Waals surface area contributed by atoms with E-state index in [1.165, 1.54) is 18.2 Å². The van der Waals surface area contributed by atoms with Gasteiger partial charge in [-0.25, -0.2) is 0 Å². The highest BCUT2D eigenvalue weighted by molar-refractivity contribution is 5.45. The number of benzene rings is 2. The Kier molecular flexibility index (Phi) is 6.96. The summed E-state index contributed by atoms with van der Waals surface area (Å²) in [7, 11) is 0. The number of nitriles is 1. The molecule has 0 saturated carbocycles. The highest BCUT2D eigenvalue weighted by Crippen LogP contribution is 2.37. The van der Waals surface area contributed by atoms with Crippen molar-refractivity contribution in [1.29, 1.82) is 5.26 Å². The minimum Gasteiger partial charge on any atom is -0.491 e. The van der Waals surface area contributed by atoms with Crippen molar-refractivity contribution in [2.45, 2.75) is 56.6 Å². The first kappa shape index (κ1) is 23.2. The highest BCUT2D eigenvalue weighted by Gasteiger charge is 2.53. The zero-order valence-electron chi connectivity index (χ0n) is 17.3. The van der Waals surface area contributed by atoms with Crippen LogP contribution in [-0.4, -0.2) is 62.7 Å². The third-order valence-corrected chi connectivity index (χ3v) is 5.30. The second-order valence-corrected chi connectivity index (χ2v) is 7.93. The molecular formula is C23H27NO7. The number of nitrogens with zero attached hydrogens (tertiary/aromatic N) is 1. The van der Waals surface area contributed by atoms with Crippen LogP contribution in [-0.2, 0) is 16.9 Å². The van der Waals surface area contributed by atoms with Crippen molar-refractivity contribution in [2.75, 3.05) is 6.61 Å². The average Bonchev–Trinajstić information content (AvgIpc) is 2.75. The fourth-order valence-electron chi connectivity index (χ4n) is 3.64. The molecule has 0 aromatic heterocycles. The Bertz CT molecular complexity index is 938. The molecule has 2 aromatic rings. The van der Waals surface area contributed by atoms with E-state index in [0.29, 0.717) is 17.5 Å². The first-order valence-electron chi connectivity index (χ1n) is 10.0. The zero-order valence-corrected chi connectivity index (χ0v) is 17.3. The van der Waals surface area contributed by atoms with E-state index < -0.39 is 36.8 Å². The van der Waals surface area contributed by atoms with Crippen molar-refractivity contribution in [1.82, 2.24) is 0 Å². The van der Waals surface area contributed by atoms with Gasteiger partial charge < -0.3 is 35.0 Å². The van der Waals surface area contributed by atoms with Crippen molar-refractivity contribution in [3.63, 3.8) is 0 Å². The first-order chi connectivity index (χ1) is 14.7. The molecule has 1 heterocycles. The molecule has 1 fully saturated rings. The molecule has 0 unspecified atom stereocenters. The fourth-order valence-corrected chi connectivity index (χ4v) is 3.64. The van der Waals surface area contributed by atoms with Crippen LogP contribution in [0.15, 0.2) is 42.5 Å². The lowest BCUT2D eigenvalue weighted by molar-refractivity contribution is -0.357. The summed E-state index contributed by atoms with van der Waals surface area (Å²) in [5, 5.41) is 60.4. The van der Waals surface area contributed by atoms with Crippen LogP contribution in [0.3, 0.4) is 0 Å². The molecule has 5 N–H and O–H groups in total. The van der Waals surface area contributed by atoms with E-state index in [-0.39, 0.29) is 11.7 Å². The van der Waals surface area contributed by atoms with E-state index in [1.807, 2.05) is 38.1 Å². The Morgan fingerprint density at radius 1 is 1.10 bits per heavy atom. The summed E-state index contributed by atoms with van der Waals surface area (Å²) in [6, 6.07) is 13.9. The van der Waals surface area contributed by atoms with Gasteiger partial charge in [0.05, 0.1) is 24.3 Å². The summed E-state index contributed by atoms with van der Waals surface area (Å²) in [5.41, 5.74) is 1.94. The van der Waals surface area contributed by atoms with E-state index >= 15 is 0 Å². The van der Waals surface area contributed by atoms with Crippen molar-refractivity contribution >= 4 is 0 Å². The molecule has 2 aromatic carbocycles. The predicted octanol–water partition coefficient (Wildman–Crippen LogP) is 0.555. The maximum atomic E-state index is 11.0. The molecule has 1 aliphatic rings. The van der Waals surface area contributed by atoms with Crippen molar-refractivity contribution in [3.05, 3.63) is 64.7 Å². The Morgan fingerprint density at radius 2 is 1.77 bits per heavy atom. The Labute approximate surface area is 180 Å². The Morgan fingerprint density at radius 3 is 2.35 bits per heavy atom. The lowest BCUT2D eigenvalue weighted by Gasteiger charge is -2.45. The SMILES string of the molecule is CC(C)Oc1ccc(Cc2cc([C@@]3(O)O[C@H](CO)[C@@H](O)[C@H](O)[C@H]3O)ccc2C#N)cc1. The van der Waals surface area contributed by atoms with Gasteiger partial charge in [-0.1, -0.05) is 18.2 Å². The molecule has 166 valence electrons. The van der Waals surface area contributed by atoms with Crippen LogP contribution in [0.2, 0.25) is 0 Å². The number of aliphatic hydroxyl groups is 5. The van der Waals surface area contributed by atoms with Gasteiger partial charge in [0.25, 0.3) is 0 Å². The lowest BCUT2D eigenvalue weighted by atomic mass is 9.86. The standard InChI is InChI=1S/C23H27NO7/c1-13(2)30-18-7-3-14(4-8-18)9-16-10-17(6-5-15(16)11-24)23(29)22(28)21(27)20(26)19(12-25)31-23/h3-8,10,13,19-22,25-29H,9,12H2,1-2H3/t19-,20-,21+,22-,23-/m1/s1. The molecular weight excluding hydrogens is 402 g/mol. The third-order valence-electron chi connectivity index (χ3n) is 5.30. The molecule has 8 nitrogen and oxygen atoms in total. The van der Waals surface area contributed by atoms with Crippen LogP contribution < -0.4 is 4.74 Å². The van der Waals surface area contributed by atoms with Crippen LogP contribution in [0, 0.1) is 11.3 Å². The number of rotatable bonds is 6. The monoisotopic (exact) mass is 429 g/mol. The molecule has 5 atom stereocenters. The zero-order chi connectivity index (χ0) is 22.8. The topological polar surface area (TPSA) is 143 Å². The van der Waals surface area contributed by atoms with E-state index in [2.05, 4.69) is 6.07 Å². The van der Waals surface area contributed by atoms with Crippen LogP contribution in [0.25, 0.3) is 0 Å². The molecule has 31 heavy (non-hydrogen) atoms. The molecule has 3 rings (SSSR count). The minimum absolute atomic E-state index is 0.0482. The van der Waals surface area contributed by atoms with Gasteiger partial charge in [-0.05, 0) is 55.7 Å². The predicted molar refractivity (Wildman–Crippen MR) is 110 cm³/mol. The van der Waals surface area contributed by atoms with Crippen molar-refractivity contribution in [3.8, 4) is 11.8 Å². The van der Waals surface area contributed by atoms with E-state index in [4.69, 9.17) is 9.47 Å². The summed E-state index contributed by atoms with van der Waals surface area (Å²) < 4.78 is 11.0. The Balaban J connectivity index is 1.92. The largest absolute Gasteiger partial charge is 0.491 e. The minimum atomic E-state index is -2.37. The average molecular weight is 429 g/mol. The molecule has 1 saturated heterocycles. The van der Waals surface area contributed by atoms with E-state index in [0.717, 1.165) is 11.3 Å². The molecule has 0 amide bonds. The van der Waals surface area contributed by atoms with Crippen LogP contribution >= 0.6 is 0 Å². The summed E-state index contributed by atoms with van der Waals surface area (Å²) in [6.07, 6.45) is -6.05. The van der Waals surface area contributed by atoms with Crippen LogP contribution in [0.5, 0.6) is 5.75 Å². The molecule has 1 aliphatic heterocycles. The van der Waals surface area contributed by atoms with Gasteiger partial charge in [0, 0.05) is 5.56 Å². The molecule has 0 aliphatic carbocycles. The summed E-state index contributed by atoms with van der Waals surface area (Å²) in [5.74, 6) is -1.65. The normalized spacial score (nSPS) is 28.4. The molecule has 8 heteroatoms. The van der Waals surface area contributed by atoms with Gasteiger partial charge in [0.15, 0.2) is 0 Å². The Hall–Kier alpha value is -2.51. The van der Waals surface area contributed by atoms with E-state index in [9.17, 15) is 30.8 Å². The molecule has 0 spiro atoms. The van der Waals surface area contributed by atoms with Gasteiger partial charge in [0.1, 0.15) is 30.2 Å². The lowest BCUT2D eigenvalue weighted by Crippen LogP contribution is -2.63. The number of hydrogen-bond donors (Lipinski definition) is 5. The fraction of sp³-hybridized carbons (Fsp3) is 0.435. The maximum Gasteiger partial charge on any atom is 0.222 e. The van der Waals surface area contributed by atoms with Crippen molar-refractivity contribution in [2.24, 2.45) is 0 Å². The smallest absolute Gasteiger partial charge is 0.222 e. The first-order valence-corrected chi connectivity index (χ1v) is 10.0. The molecule has 0 bridgehead atoms. The van der Waals surface area contributed by atoms with Crippen LogP contribution in [0.1, 0.15) is 36.1 Å². The van der Waals surface area contributed by atoms with Crippen molar-refractivity contribution < 1.29 is 35.0 Å². The maximum absolute atomic E-state index is 11.0. The van der Waals surface area contributed by atoms with Gasteiger partial charge in [-0.3, -0.25) is 0 Å². The summed E-state index contributed by atoms with van der Waals surface area (Å²) in [4.78, 5) is 0. The van der Waals surface area contributed by atoms with Gasteiger partial charge in [0.2, 0.25) is 5.79 Å². The van der Waals surface area contributed by atoms with Gasteiger partial charge >= 0.3 is 0 Å². The van der Waals surface area contributed by atoms with Crippen LogP contribution in [0.4, 0.5) is 0 Å². The quantitative estimate of drug-likeness (QED) is 0.448. The summed E-state index contributed by atoms with van der Waals surface area (Å²) >= 11 is 0. The van der Waals surface area contributed by atoms with Gasteiger partial charge in [-0.2, -0.15) is 5.26 Å². The number of ether oxygens (including phenoxy) is 2. The van der Waals surface area contributed by atoms with E-state index in [1.54, 1.807) is 0 Å². The molecule has 0 radical (unpaired) electrons. The number of aliphatic hydroxyl groups excluding tert-OH is 4. The second kappa shape index (κ2) is 9.32. The second-order valence-electron chi connectivity index (χ2n) is 7.93. The third kappa shape index (κ3) is 4.72. The number of hydrogen-bond acceptors (Lipinski definition) is 8. The highest BCUT2D eigenvalue weighted by atomic mass is 16.7.